The number of carbonyl (C=O) groups excluding carboxylic acids is 4. The van der Waals surface area contributed by atoms with Crippen molar-refractivity contribution in [2.24, 2.45) is 11.7 Å². The monoisotopic (exact) mass is 406 g/mol. The maximum Gasteiger partial charge on any atom is 0.247 e. The number of nitrogens with two attached hydrogens (primary N) is 1. The molecule has 0 radical (unpaired) electrons. The number of allylic oxidation sites excluding steroid dienone is 2. The maximum atomic E-state index is 12.9. The zero-order valence-electron chi connectivity index (χ0n) is 18.2. The third kappa shape index (κ3) is 8.09. The van der Waals surface area contributed by atoms with E-state index in [0.717, 1.165) is 11.1 Å². The van der Waals surface area contributed by atoms with Crippen LogP contribution in [0.15, 0.2) is 23.3 Å². The zero-order valence-corrected chi connectivity index (χ0v) is 18.2. The molecule has 8 heteroatoms. The van der Waals surface area contributed by atoms with Crippen molar-refractivity contribution >= 4 is 23.6 Å². The molecule has 0 aromatic heterocycles. The molecule has 8 nitrogen and oxygen atoms in total. The second kappa shape index (κ2) is 10.8. The molecule has 0 spiro atoms. The number of nitrogens with zero attached hydrogens (tertiary/aromatic N) is 1. The SMILES string of the molecule is CC(C)=CC(=O)N[C@H]1C[C@@H](C(=O)N[C@@H](CC(C)C)C(N)=O)N(C(=O)C=C(C)C)C1. The third-order valence-electron chi connectivity index (χ3n) is 4.43. The molecule has 0 unspecified atom stereocenters. The van der Waals surface area contributed by atoms with Crippen LogP contribution in [-0.2, 0) is 19.2 Å². The first-order valence-electron chi connectivity index (χ1n) is 9.91. The molecule has 162 valence electrons. The van der Waals surface area contributed by atoms with Crippen molar-refractivity contribution in [2.45, 2.75) is 72.5 Å². The Bertz CT molecular complexity index is 703. The van der Waals surface area contributed by atoms with E-state index in [2.05, 4.69) is 10.6 Å². The fourth-order valence-electron chi connectivity index (χ4n) is 3.25. The predicted molar refractivity (Wildman–Crippen MR) is 111 cm³/mol. The molecule has 1 saturated heterocycles. The fraction of sp³-hybridized carbons (Fsp3) is 0.619. The van der Waals surface area contributed by atoms with Crippen LogP contribution in [0.3, 0.4) is 0 Å². The van der Waals surface area contributed by atoms with E-state index < -0.39 is 23.9 Å². The Morgan fingerprint density at radius 3 is 2.14 bits per heavy atom. The van der Waals surface area contributed by atoms with Crippen molar-refractivity contribution in [3.05, 3.63) is 23.3 Å². The van der Waals surface area contributed by atoms with Crippen LogP contribution in [0.25, 0.3) is 0 Å². The van der Waals surface area contributed by atoms with E-state index in [4.69, 9.17) is 5.73 Å². The van der Waals surface area contributed by atoms with Gasteiger partial charge in [0, 0.05) is 24.7 Å². The first-order valence-corrected chi connectivity index (χ1v) is 9.91. The number of likely N-dealkylation sites (tertiary alicyclic amines) is 1. The lowest BCUT2D eigenvalue weighted by atomic mass is 10.0. The van der Waals surface area contributed by atoms with Gasteiger partial charge in [-0.2, -0.15) is 0 Å². The second-order valence-corrected chi connectivity index (χ2v) is 8.48. The summed E-state index contributed by atoms with van der Waals surface area (Å²) in [4.78, 5) is 50.7. The zero-order chi connectivity index (χ0) is 22.3. The number of amides is 4. The summed E-state index contributed by atoms with van der Waals surface area (Å²) in [5, 5.41) is 5.52. The fourth-order valence-corrected chi connectivity index (χ4v) is 3.25. The minimum atomic E-state index is -0.803. The molecule has 1 aliphatic heterocycles. The Hall–Kier alpha value is -2.64. The van der Waals surface area contributed by atoms with Crippen molar-refractivity contribution in [3.8, 4) is 0 Å². The van der Waals surface area contributed by atoms with Gasteiger partial charge in [0.05, 0.1) is 0 Å². The van der Waals surface area contributed by atoms with E-state index >= 15 is 0 Å². The van der Waals surface area contributed by atoms with Gasteiger partial charge in [-0.1, -0.05) is 25.0 Å². The molecule has 0 aliphatic carbocycles. The lowest BCUT2D eigenvalue weighted by Crippen LogP contribution is -2.52. The summed E-state index contributed by atoms with van der Waals surface area (Å²) in [7, 11) is 0. The van der Waals surface area contributed by atoms with Crippen molar-refractivity contribution in [1.29, 1.82) is 0 Å². The molecule has 1 aliphatic rings. The van der Waals surface area contributed by atoms with Crippen LogP contribution in [0.2, 0.25) is 0 Å². The molecular formula is C21H34N4O4. The molecule has 0 bridgehead atoms. The summed E-state index contributed by atoms with van der Waals surface area (Å²) in [5.74, 6) is -1.45. The largest absolute Gasteiger partial charge is 0.368 e. The van der Waals surface area contributed by atoms with E-state index in [1.165, 1.54) is 17.1 Å². The van der Waals surface area contributed by atoms with Crippen LogP contribution in [-0.4, -0.2) is 53.2 Å². The van der Waals surface area contributed by atoms with E-state index in [0.29, 0.717) is 6.42 Å². The number of nitrogens with one attached hydrogen (secondary N) is 2. The molecular weight excluding hydrogens is 372 g/mol. The summed E-state index contributed by atoms with van der Waals surface area (Å²) >= 11 is 0. The summed E-state index contributed by atoms with van der Waals surface area (Å²) in [6.07, 6.45) is 3.61. The summed E-state index contributed by atoms with van der Waals surface area (Å²) in [6, 6.07) is -1.95. The standard InChI is InChI=1S/C21H34N4O4/c1-12(2)7-16(20(22)28)24-21(29)17-10-15(23-18(26)8-13(3)4)11-25(17)19(27)9-14(5)6/h8-9,12,15-17H,7,10-11H2,1-6H3,(H2,22,28)(H,23,26)(H,24,29)/t15-,16-,17-/m0/s1. The summed E-state index contributed by atoms with van der Waals surface area (Å²) < 4.78 is 0. The number of hydrogen-bond donors (Lipinski definition) is 3. The average molecular weight is 407 g/mol. The van der Waals surface area contributed by atoms with Gasteiger partial charge in [0.25, 0.3) is 0 Å². The van der Waals surface area contributed by atoms with Gasteiger partial charge in [-0.05, 0) is 46.5 Å². The number of rotatable bonds is 8. The quantitative estimate of drug-likeness (QED) is 0.521. The van der Waals surface area contributed by atoms with Crippen molar-refractivity contribution in [2.75, 3.05) is 6.54 Å². The van der Waals surface area contributed by atoms with Crippen LogP contribution in [0, 0.1) is 5.92 Å². The Labute approximate surface area is 172 Å². The van der Waals surface area contributed by atoms with Crippen LogP contribution < -0.4 is 16.4 Å². The van der Waals surface area contributed by atoms with Crippen LogP contribution in [0.5, 0.6) is 0 Å². The lowest BCUT2D eigenvalue weighted by molar-refractivity contribution is -0.136. The lowest BCUT2D eigenvalue weighted by Gasteiger charge is -2.25. The Balaban J connectivity index is 3.01. The summed E-state index contributed by atoms with van der Waals surface area (Å²) in [5.41, 5.74) is 7.08. The third-order valence-corrected chi connectivity index (χ3v) is 4.43. The molecule has 29 heavy (non-hydrogen) atoms. The number of primary amides is 1. The second-order valence-electron chi connectivity index (χ2n) is 8.48. The van der Waals surface area contributed by atoms with Gasteiger partial charge in [-0.15, -0.1) is 0 Å². The normalized spacial score (nSPS) is 19.3. The highest BCUT2D eigenvalue weighted by Gasteiger charge is 2.40. The molecule has 0 saturated carbocycles. The molecule has 1 rings (SSSR count). The topological polar surface area (TPSA) is 122 Å². The minimum absolute atomic E-state index is 0.163. The Morgan fingerprint density at radius 1 is 1.07 bits per heavy atom. The van der Waals surface area contributed by atoms with Gasteiger partial charge >= 0.3 is 0 Å². The first kappa shape index (κ1) is 24.4. The predicted octanol–water partition coefficient (Wildman–Crippen LogP) is 1.02. The highest BCUT2D eigenvalue weighted by molar-refractivity contribution is 5.96. The highest BCUT2D eigenvalue weighted by atomic mass is 16.2. The van der Waals surface area contributed by atoms with Gasteiger partial charge in [0.15, 0.2) is 0 Å². The van der Waals surface area contributed by atoms with E-state index in [-0.39, 0.29) is 36.7 Å². The summed E-state index contributed by atoms with van der Waals surface area (Å²) in [6.45, 7) is 11.3. The van der Waals surface area contributed by atoms with E-state index in [1.54, 1.807) is 13.8 Å². The average Bonchev–Trinajstić information content (AvgIpc) is 2.96. The van der Waals surface area contributed by atoms with Gasteiger partial charge in [-0.3, -0.25) is 19.2 Å². The van der Waals surface area contributed by atoms with Crippen LogP contribution in [0.1, 0.15) is 54.4 Å². The van der Waals surface area contributed by atoms with Crippen molar-refractivity contribution in [1.82, 2.24) is 15.5 Å². The number of carbonyl (C=O) groups is 4. The van der Waals surface area contributed by atoms with Crippen molar-refractivity contribution < 1.29 is 19.2 Å². The van der Waals surface area contributed by atoms with E-state index in [1.807, 2.05) is 27.7 Å². The molecule has 0 aromatic carbocycles. The van der Waals surface area contributed by atoms with Gasteiger partial charge in [-0.25, -0.2) is 0 Å². The van der Waals surface area contributed by atoms with Gasteiger partial charge < -0.3 is 21.3 Å². The van der Waals surface area contributed by atoms with Gasteiger partial charge in [0.1, 0.15) is 12.1 Å². The van der Waals surface area contributed by atoms with Crippen LogP contribution in [0.4, 0.5) is 0 Å². The molecule has 0 aromatic rings. The maximum absolute atomic E-state index is 12.9. The minimum Gasteiger partial charge on any atom is -0.368 e. The Kier molecular flexibility index (Phi) is 9.07. The van der Waals surface area contributed by atoms with E-state index in [9.17, 15) is 19.2 Å². The molecule has 1 fully saturated rings. The molecule has 4 amide bonds. The van der Waals surface area contributed by atoms with Crippen molar-refractivity contribution in [3.63, 3.8) is 0 Å². The van der Waals surface area contributed by atoms with Crippen LogP contribution >= 0.6 is 0 Å². The molecule has 1 heterocycles. The smallest absolute Gasteiger partial charge is 0.247 e. The van der Waals surface area contributed by atoms with Gasteiger partial charge in [0.2, 0.25) is 23.6 Å². The Morgan fingerprint density at radius 2 is 1.66 bits per heavy atom. The molecule has 4 N–H and O–H groups in total. The highest BCUT2D eigenvalue weighted by Crippen LogP contribution is 2.20. The molecule has 3 atom stereocenters. The number of hydrogen-bond acceptors (Lipinski definition) is 4. The first-order chi connectivity index (χ1) is 13.4.